The lowest BCUT2D eigenvalue weighted by Crippen LogP contribution is -2.53. The van der Waals surface area contributed by atoms with E-state index in [-0.39, 0.29) is 5.75 Å². The van der Waals surface area contributed by atoms with Crippen LogP contribution in [0.5, 0.6) is 5.75 Å². The highest BCUT2D eigenvalue weighted by atomic mass is 32.1. The predicted molar refractivity (Wildman–Crippen MR) is 189 cm³/mol. The van der Waals surface area contributed by atoms with E-state index in [2.05, 4.69) is 15.6 Å². The third-order valence-corrected chi connectivity index (χ3v) is 11.2. The first kappa shape index (κ1) is 30.2. The summed E-state index contributed by atoms with van der Waals surface area (Å²) in [6.07, 6.45) is -0.759. The number of rotatable bonds is 5. The van der Waals surface area contributed by atoms with Crippen molar-refractivity contribution >= 4 is 50.2 Å². The largest absolute Gasteiger partial charge is 0.508 e. The minimum absolute atomic E-state index is 0.0542. The molecule has 0 aliphatic carbocycles. The van der Waals surface area contributed by atoms with E-state index in [4.69, 9.17) is 4.74 Å². The van der Waals surface area contributed by atoms with E-state index >= 15 is 4.79 Å². The molecule has 3 aliphatic heterocycles. The van der Waals surface area contributed by atoms with Crippen molar-refractivity contribution in [3.05, 3.63) is 156 Å². The molecule has 0 bridgehead atoms. The molecule has 3 aliphatic rings. The van der Waals surface area contributed by atoms with Gasteiger partial charge in [0.15, 0.2) is 5.13 Å². The topological polar surface area (TPSA) is 121 Å². The van der Waals surface area contributed by atoms with Crippen LogP contribution in [0.4, 0.5) is 10.8 Å². The van der Waals surface area contributed by atoms with Crippen LogP contribution in [0.25, 0.3) is 10.2 Å². The van der Waals surface area contributed by atoms with Crippen LogP contribution in [0.1, 0.15) is 40.4 Å². The molecule has 3 N–H and O–H groups in total. The van der Waals surface area contributed by atoms with Gasteiger partial charge < -0.3 is 20.5 Å². The Balaban J connectivity index is 1.31. The molecule has 6 aromatic rings. The molecular formula is C40H30N4O5S. The van der Waals surface area contributed by atoms with Gasteiger partial charge in [0.25, 0.3) is 0 Å². The van der Waals surface area contributed by atoms with Gasteiger partial charge >= 0.3 is 5.97 Å². The number of phenols is 1. The number of carbonyl (C=O) groups excluding carboxylic acids is 3. The Kier molecular flexibility index (Phi) is 7.04. The number of phenolic OH excluding ortho intramolecular Hbond substituents is 1. The fourth-order valence-electron chi connectivity index (χ4n) is 8.32. The van der Waals surface area contributed by atoms with Crippen LogP contribution in [-0.2, 0) is 24.5 Å². The molecule has 5 aromatic carbocycles. The first-order valence-corrected chi connectivity index (χ1v) is 17.2. The first-order chi connectivity index (χ1) is 24.4. The Morgan fingerprint density at radius 3 is 2.18 bits per heavy atom. The second-order valence-electron chi connectivity index (χ2n) is 12.8. The maximum absolute atomic E-state index is 15.0. The van der Waals surface area contributed by atoms with Crippen LogP contribution in [0.2, 0.25) is 0 Å². The molecule has 50 heavy (non-hydrogen) atoms. The summed E-state index contributed by atoms with van der Waals surface area (Å²) in [5.41, 5.74) is 2.63. The van der Waals surface area contributed by atoms with Crippen molar-refractivity contribution in [2.24, 2.45) is 5.92 Å². The highest BCUT2D eigenvalue weighted by Crippen LogP contribution is 2.64. The summed E-state index contributed by atoms with van der Waals surface area (Å²) >= 11 is 1.32. The molecule has 2 fully saturated rings. The highest BCUT2D eigenvalue weighted by Gasteiger charge is 2.74. The van der Waals surface area contributed by atoms with Gasteiger partial charge in [-0.15, -0.1) is 0 Å². The van der Waals surface area contributed by atoms with Gasteiger partial charge in [0.1, 0.15) is 23.3 Å². The monoisotopic (exact) mass is 678 g/mol. The van der Waals surface area contributed by atoms with Crippen molar-refractivity contribution in [2.45, 2.75) is 29.6 Å². The average molecular weight is 679 g/mol. The third kappa shape index (κ3) is 4.49. The van der Waals surface area contributed by atoms with Gasteiger partial charge in [-0.05, 0) is 52.6 Å². The highest BCUT2D eigenvalue weighted by molar-refractivity contribution is 7.22. The summed E-state index contributed by atoms with van der Waals surface area (Å²) in [7, 11) is 0. The Morgan fingerprint density at radius 2 is 1.44 bits per heavy atom. The first-order valence-electron chi connectivity index (χ1n) is 16.4. The molecule has 0 saturated carbocycles. The molecule has 2 amide bonds. The lowest BCUT2D eigenvalue weighted by atomic mass is 9.65. The summed E-state index contributed by atoms with van der Waals surface area (Å²) in [5.74, 6) is -2.71. The molecule has 0 radical (unpaired) electrons. The third-order valence-electron chi connectivity index (χ3n) is 10.2. The minimum atomic E-state index is -1.59. The SMILES string of the molecule is O=C1OC(c2ccccc2)C(c2ccccc2)N2C1C(C(=O)Nc1nc3ccccc3s1)C1(C(=O)Nc3ccccc31)C2c1ccc(O)cc1. The number of aromatic nitrogens is 1. The number of aromatic hydroxyl groups is 1. The Morgan fingerprint density at radius 1 is 0.780 bits per heavy atom. The van der Waals surface area contributed by atoms with Crippen molar-refractivity contribution < 1.29 is 24.2 Å². The smallest absolute Gasteiger partial charge is 0.324 e. The van der Waals surface area contributed by atoms with Crippen molar-refractivity contribution in [3.63, 3.8) is 0 Å². The normalized spacial score (nSPS) is 25.6. The lowest BCUT2D eigenvalue weighted by Gasteiger charge is -2.46. The number of esters is 1. The van der Waals surface area contributed by atoms with Gasteiger partial charge in [-0.25, -0.2) is 4.98 Å². The second-order valence-corrected chi connectivity index (χ2v) is 13.9. The molecule has 4 heterocycles. The number of cyclic esters (lactones) is 1. The van der Waals surface area contributed by atoms with Crippen LogP contribution in [0.3, 0.4) is 0 Å². The molecule has 6 atom stereocenters. The second kappa shape index (κ2) is 11.6. The van der Waals surface area contributed by atoms with Crippen LogP contribution in [-0.4, -0.2) is 38.8 Å². The molecule has 1 aromatic heterocycles. The molecule has 2 saturated heterocycles. The van der Waals surface area contributed by atoms with Crippen LogP contribution < -0.4 is 10.6 Å². The molecular weight excluding hydrogens is 649 g/mol. The number of hydrogen-bond donors (Lipinski definition) is 3. The van der Waals surface area contributed by atoms with E-state index in [1.807, 2.05) is 114 Å². The van der Waals surface area contributed by atoms with Gasteiger partial charge in [-0.2, -0.15) is 0 Å². The quantitative estimate of drug-likeness (QED) is 0.170. The van der Waals surface area contributed by atoms with Gasteiger partial charge in [-0.3, -0.25) is 19.3 Å². The Labute approximate surface area is 291 Å². The van der Waals surface area contributed by atoms with Crippen molar-refractivity contribution in [3.8, 4) is 5.75 Å². The zero-order valence-electron chi connectivity index (χ0n) is 26.5. The molecule has 246 valence electrons. The number of para-hydroxylation sites is 2. The number of nitrogens with zero attached hydrogens (tertiary/aromatic N) is 2. The fraction of sp³-hybridized carbons (Fsp3) is 0.150. The zero-order valence-corrected chi connectivity index (χ0v) is 27.3. The minimum Gasteiger partial charge on any atom is -0.508 e. The number of thiazole rings is 1. The molecule has 6 unspecified atom stereocenters. The van der Waals surface area contributed by atoms with Gasteiger partial charge in [0, 0.05) is 5.69 Å². The standard InChI is InChI=1S/C40H30N4O5S/c45-26-21-19-25(20-22-26)35-40(27-15-7-8-16-28(27)41-38(40)48)31(36(46)43-39-42-29-17-9-10-18-30(29)50-39)33-37(47)49-34(24-13-5-2-6-14-24)32(44(33)35)23-11-3-1-4-12-23/h1-22,31-35,45H,(H,41,48)(H,42,43,46). The number of anilines is 2. The zero-order chi connectivity index (χ0) is 34.0. The fourth-order valence-corrected chi connectivity index (χ4v) is 9.18. The van der Waals surface area contributed by atoms with E-state index in [9.17, 15) is 14.7 Å². The summed E-state index contributed by atoms with van der Waals surface area (Å²) in [6.45, 7) is 0. The number of fused-ring (bicyclic) bond motifs is 4. The summed E-state index contributed by atoms with van der Waals surface area (Å²) < 4.78 is 7.31. The van der Waals surface area contributed by atoms with Crippen LogP contribution in [0.15, 0.2) is 133 Å². The molecule has 1 spiro atoms. The van der Waals surface area contributed by atoms with Crippen LogP contribution in [0, 0.1) is 5.92 Å². The molecule has 9 nitrogen and oxygen atoms in total. The maximum Gasteiger partial charge on any atom is 0.324 e. The van der Waals surface area contributed by atoms with E-state index in [0.717, 1.165) is 21.3 Å². The van der Waals surface area contributed by atoms with Crippen LogP contribution >= 0.6 is 11.3 Å². The van der Waals surface area contributed by atoms with Gasteiger partial charge in [0.2, 0.25) is 11.8 Å². The average Bonchev–Trinajstić information content (AvgIpc) is 3.79. The van der Waals surface area contributed by atoms with E-state index in [1.54, 1.807) is 24.3 Å². The van der Waals surface area contributed by atoms with Crippen molar-refractivity contribution in [2.75, 3.05) is 10.6 Å². The predicted octanol–water partition coefficient (Wildman–Crippen LogP) is 6.91. The lowest BCUT2D eigenvalue weighted by molar-refractivity contribution is -0.177. The van der Waals surface area contributed by atoms with Gasteiger partial charge in [0.05, 0.1) is 28.2 Å². The Bertz CT molecular complexity index is 2250. The summed E-state index contributed by atoms with van der Waals surface area (Å²) in [4.78, 5) is 51.3. The number of morpholine rings is 1. The van der Waals surface area contributed by atoms with Crippen molar-refractivity contribution in [1.82, 2.24) is 9.88 Å². The number of ether oxygens (including phenoxy) is 1. The number of hydrogen-bond acceptors (Lipinski definition) is 8. The number of benzene rings is 5. The summed E-state index contributed by atoms with van der Waals surface area (Å²) in [5, 5.41) is 16.8. The molecule has 9 rings (SSSR count). The summed E-state index contributed by atoms with van der Waals surface area (Å²) in [6, 6.07) is 38.3. The van der Waals surface area contributed by atoms with Crippen molar-refractivity contribution in [1.29, 1.82) is 0 Å². The number of amides is 2. The number of carbonyl (C=O) groups is 3. The van der Waals surface area contributed by atoms with E-state index in [1.165, 1.54) is 11.3 Å². The van der Waals surface area contributed by atoms with E-state index in [0.29, 0.717) is 21.9 Å². The number of nitrogens with one attached hydrogen (secondary N) is 2. The van der Waals surface area contributed by atoms with E-state index < -0.39 is 53.3 Å². The molecule has 10 heteroatoms. The van der Waals surface area contributed by atoms with Gasteiger partial charge in [-0.1, -0.05) is 114 Å². The maximum atomic E-state index is 15.0. The Hall–Kier alpha value is -5.84.